The van der Waals surface area contributed by atoms with Gasteiger partial charge < -0.3 is 4.74 Å². The lowest BCUT2D eigenvalue weighted by Crippen LogP contribution is -2.01. The van der Waals surface area contributed by atoms with Crippen molar-refractivity contribution in [1.82, 2.24) is 0 Å². The summed E-state index contributed by atoms with van der Waals surface area (Å²) >= 11 is 6.03. The fourth-order valence-corrected chi connectivity index (χ4v) is 1.11. The number of esters is 1. The van der Waals surface area contributed by atoms with E-state index in [2.05, 4.69) is 6.58 Å². The molecule has 1 atom stereocenters. The summed E-state index contributed by atoms with van der Waals surface area (Å²) in [6.07, 6.45) is 3.69. The maximum absolute atomic E-state index is 10.5. The molecule has 86 valence electrons. The van der Waals surface area contributed by atoms with Gasteiger partial charge in [-0.2, -0.15) is 0 Å². The Morgan fingerprint density at radius 2 is 2.07 bits per heavy atom. The van der Waals surface area contributed by atoms with E-state index in [0.717, 1.165) is 18.4 Å². The summed E-state index contributed by atoms with van der Waals surface area (Å²) < 4.78 is 4.80. The molecule has 15 heavy (non-hydrogen) atoms. The van der Waals surface area contributed by atoms with Gasteiger partial charge in [0.15, 0.2) is 0 Å². The molecule has 3 heteroatoms. The summed E-state index contributed by atoms with van der Waals surface area (Å²) in [4.78, 5) is 10.5. The van der Waals surface area contributed by atoms with E-state index >= 15 is 0 Å². The fraction of sp³-hybridized carbons (Fsp3) is 0.583. The Morgan fingerprint density at radius 3 is 2.53 bits per heavy atom. The number of alkyl halides is 1. The predicted octanol–water partition coefficient (Wildman–Crippen LogP) is 3.46. The number of allylic oxidation sites excluding steroid dienone is 2. The van der Waals surface area contributed by atoms with Gasteiger partial charge in [0.25, 0.3) is 0 Å². The van der Waals surface area contributed by atoms with Gasteiger partial charge in [-0.1, -0.05) is 17.7 Å². The molecule has 0 amide bonds. The third-order valence-corrected chi connectivity index (χ3v) is 2.64. The maximum atomic E-state index is 10.5. The third-order valence-electron chi connectivity index (χ3n) is 2.05. The van der Waals surface area contributed by atoms with Crippen LogP contribution in [0.25, 0.3) is 0 Å². The summed E-state index contributed by atoms with van der Waals surface area (Å²) in [5.74, 6) is -0.254. The van der Waals surface area contributed by atoms with Crippen molar-refractivity contribution < 1.29 is 9.53 Å². The molecular weight excluding hydrogens is 212 g/mol. The molecule has 0 aromatic rings. The standard InChI is InChI=1S/C12H19ClO2/c1-9(2)12(13)6-5-10(3)7-8-15-11(4)14/h7,12H,1,5-6,8H2,2-4H3/b10-7+. The van der Waals surface area contributed by atoms with Crippen LogP contribution in [0.1, 0.15) is 33.6 Å². The van der Waals surface area contributed by atoms with Crippen molar-refractivity contribution >= 4 is 17.6 Å². The van der Waals surface area contributed by atoms with Crippen molar-refractivity contribution in [3.8, 4) is 0 Å². The number of hydrogen-bond acceptors (Lipinski definition) is 2. The predicted molar refractivity (Wildman–Crippen MR) is 64.1 cm³/mol. The Kier molecular flexibility index (Phi) is 7.14. The molecule has 0 aromatic heterocycles. The molecule has 0 saturated carbocycles. The first-order valence-electron chi connectivity index (χ1n) is 5.02. The smallest absolute Gasteiger partial charge is 0.302 e. The SMILES string of the molecule is C=C(C)C(Cl)CC/C(C)=C/COC(C)=O. The molecule has 0 radical (unpaired) electrons. The molecule has 0 rings (SSSR count). The van der Waals surface area contributed by atoms with E-state index < -0.39 is 0 Å². The van der Waals surface area contributed by atoms with Crippen LogP contribution in [-0.2, 0) is 9.53 Å². The average Bonchev–Trinajstić information content (AvgIpc) is 2.13. The molecule has 0 aliphatic heterocycles. The summed E-state index contributed by atoms with van der Waals surface area (Å²) in [5, 5.41) is 0.0297. The minimum absolute atomic E-state index is 0.0297. The average molecular weight is 231 g/mol. The molecule has 0 aromatic carbocycles. The molecule has 1 unspecified atom stereocenters. The van der Waals surface area contributed by atoms with Crippen molar-refractivity contribution in [3.05, 3.63) is 23.8 Å². The van der Waals surface area contributed by atoms with Gasteiger partial charge in [-0.3, -0.25) is 4.79 Å². The first-order valence-corrected chi connectivity index (χ1v) is 5.45. The van der Waals surface area contributed by atoms with Gasteiger partial charge in [0.1, 0.15) is 6.61 Å². The van der Waals surface area contributed by atoms with Crippen molar-refractivity contribution in [3.63, 3.8) is 0 Å². The molecule has 2 nitrogen and oxygen atoms in total. The van der Waals surface area contributed by atoms with Crippen molar-refractivity contribution in [1.29, 1.82) is 0 Å². The third kappa shape index (κ3) is 8.25. The first kappa shape index (κ1) is 14.2. The Bertz CT molecular complexity index is 256. The van der Waals surface area contributed by atoms with E-state index in [1.54, 1.807) is 0 Å². The minimum Gasteiger partial charge on any atom is -0.462 e. The second kappa shape index (κ2) is 7.52. The summed E-state index contributed by atoms with van der Waals surface area (Å²) in [7, 11) is 0. The molecule has 0 fully saturated rings. The normalized spacial score (nSPS) is 13.5. The lowest BCUT2D eigenvalue weighted by Gasteiger charge is -2.08. The summed E-state index contributed by atoms with van der Waals surface area (Å²) in [6, 6.07) is 0. The Balaban J connectivity index is 3.77. The first-order chi connectivity index (χ1) is 6.93. The Labute approximate surface area is 97.0 Å². The van der Waals surface area contributed by atoms with E-state index in [4.69, 9.17) is 16.3 Å². The largest absolute Gasteiger partial charge is 0.462 e. The zero-order chi connectivity index (χ0) is 11.8. The molecule has 0 spiro atoms. The van der Waals surface area contributed by atoms with E-state index in [0.29, 0.717) is 6.61 Å². The van der Waals surface area contributed by atoms with Crippen LogP contribution in [0.3, 0.4) is 0 Å². The van der Waals surface area contributed by atoms with Crippen LogP contribution in [0.15, 0.2) is 23.8 Å². The molecular formula is C12H19ClO2. The number of hydrogen-bond donors (Lipinski definition) is 0. The molecule has 0 aliphatic rings. The molecule has 0 bridgehead atoms. The second-order valence-corrected chi connectivity index (χ2v) is 4.23. The van der Waals surface area contributed by atoms with Crippen LogP contribution in [-0.4, -0.2) is 18.0 Å². The van der Waals surface area contributed by atoms with Crippen LogP contribution >= 0.6 is 11.6 Å². The van der Waals surface area contributed by atoms with Gasteiger partial charge in [0.2, 0.25) is 0 Å². The number of halogens is 1. The lowest BCUT2D eigenvalue weighted by atomic mass is 10.1. The zero-order valence-corrected chi connectivity index (χ0v) is 10.4. The van der Waals surface area contributed by atoms with E-state index in [9.17, 15) is 4.79 Å². The summed E-state index contributed by atoms with van der Waals surface area (Å²) in [6.45, 7) is 9.48. The van der Waals surface area contributed by atoms with E-state index in [1.807, 2.05) is 19.9 Å². The highest BCUT2D eigenvalue weighted by Crippen LogP contribution is 2.16. The Hall–Kier alpha value is -0.760. The van der Waals surface area contributed by atoms with Crippen molar-refractivity contribution in [2.24, 2.45) is 0 Å². The van der Waals surface area contributed by atoms with Crippen molar-refractivity contribution in [2.75, 3.05) is 6.61 Å². The molecule has 0 saturated heterocycles. The molecule has 0 aliphatic carbocycles. The number of carbonyl (C=O) groups excluding carboxylic acids is 1. The van der Waals surface area contributed by atoms with Gasteiger partial charge in [-0.25, -0.2) is 0 Å². The van der Waals surface area contributed by atoms with Crippen LogP contribution < -0.4 is 0 Å². The van der Waals surface area contributed by atoms with Gasteiger partial charge in [-0.15, -0.1) is 11.6 Å². The van der Waals surface area contributed by atoms with Gasteiger partial charge in [0.05, 0.1) is 5.38 Å². The number of carbonyl (C=O) groups is 1. The van der Waals surface area contributed by atoms with E-state index in [1.165, 1.54) is 12.5 Å². The highest BCUT2D eigenvalue weighted by atomic mass is 35.5. The van der Waals surface area contributed by atoms with Crippen LogP contribution in [0.5, 0.6) is 0 Å². The van der Waals surface area contributed by atoms with Gasteiger partial charge in [-0.05, 0) is 32.8 Å². The topological polar surface area (TPSA) is 26.3 Å². The highest BCUT2D eigenvalue weighted by molar-refractivity contribution is 6.22. The Morgan fingerprint density at radius 1 is 1.47 bits per heavy atom. The van der Waals surface area contributed by atoms with Crippen LogP contribution in [0, 0.1) is 0 Å². The highest BCUT2D eigenvalue weighted by Gasteiger charge is 2.04. The maximum Gasteiger partial charge on any atom is 0.302 e. The lowest BCUT2D eigenvalue weighted by molar-refractivity contribution is -0.139. The number of rotatable bonds is 6. The van der Waals surface area contributed by atoms with Gasteiger partial charge in [0, 0.05) is 6.92 Å². The monoisotopic (exact) mass is 230 g/mol. The summed E-state index contributed by atoms with van der Waals surface area (Å²) in [5.41, 5.74) is 2.17. The van der Waals surface area contributed by atoms with Crippen LogP contribution in [0.2, 0.25) is 0 Å². The number of ether oxygens (including phenoxy) is 1. The molecule has 0 N–H and O–H groups in total. The quantitative estimate of drug-likeness (QED) is 0.397. The zero-order valence-electron chi connectivity index (χ0n) is 9.68. The second-order valence-electron chi connectivity index (χ2n) is 3.71. The fourth-order valence-electron chi connectivity index (χ4n) is 1.00. The molecule has 0 heterocycles. The van der Waals surface area contributed by atoms with E-state index in [-0.39, 0.29) is 11.3 Å². The van der Waals surface area contributed by atoms with Crippen molar-refractivity contribution in [2.45, 2.75) is 39.0 Å². The minimum atomic E-state index is -0.254. The van der Waals surface area contributed by atoms with Crippen LogP contribution in [0.4, 0.5) is 0 Å². The van der Waals surface area contributed by atoms with Gasteiger partial charge >= 0.3 is 5.97 Å².